The Morgan fingerprint density at radius 2 is 1.88 bits per heavy atom. The highest BCUT2D eigenvalue weighted by molar-refractivity contribution is 7.17. The molecule has 48 heavy (non-hydrogen) atoms. The number of thiazole rings is 1. The molecule has 2 aromatic heterocycles. The lowest BCUT2D eigenvalue weighted by atomic mass is 9.90. The maximum Gasteiger partial charge on any atom is 0.234 e. The summed E-state index contributed by atoms with van der Waals surface area (Å²) in [6.07, 6.45) is 6.74. The third-order valence-electron chi connectivity index (χ3n) is 9.94. The Hall–Kier alpha value is -4.43. The van der Waals surface area contributed by atoms with Gasteiger partial charge in [-0.3, -0.25) is 29.4 Å². The standard InChI is InChI=1S/C34H41N9O4S/c1-22-36-29(38-34-35-18-27(21-44)48-34)17-30(37-22)41-14-12-40(13-15-41)11-3-2-4-32(46)43-20-25-16-26(43)19-42(25)24-7-5-23(6-8-24)28-9-10-31(45)39-33(28)47/h5-8,17-18,21,25-26,28H,2-4,9-16,19-20H2,1H3,(H,39,45,47)(H,35,36,37,38). The molecule has 6 heterocycles. The van der Waals surface area contributed by atoms with Gasteiger partial charge in [0.05, 0.1) is 23.0 Å². The van der Waals surface area contributed by atoms with Crippen LogP contribution in [-0.4, -0.2) is 107 Å². The number of aryl methyl sites for hydroxylation is 1. The number of rotatable bonds is 11. The van der Waals surface area contributed by atoms with E-state index in [4.69, 9.17) is 0 Å². The first kappa shape index (κ1) is 32.1. The molecule has 13 nitrogen and oxygen atoms in total. The van der Waals surface area contributed by atoms with Crippen LogP contribution in [0.3, 0.4) is 0 Å². The number of carbonyl (C=O) groups excluding carboxylic acids is 4. The summed E-state index contributed by atoms with van der Waals surface area (Å²) < 4.78 is 0. The molecule has 0 saturated carbocycles. The van der Waals surface area contributed by atoms with E-state index in [9.17, 15) is 19.2 Å². The molecule has 0 spiro atoms. The van der Waals surface area contributed by atoms with Gasteiger partial charge in [0, 0.05) is 69.9 Å². The highest BCUT2D eigenvalue weighted by Gasteiger charge is 2.45. The number of nitrogens with zero attached hydrogens (tertiary/aromatic N) is 7. The molecular formula is C34H41N9O4S. The van der Waals surface area contributed by atoms with Crippen LogP contribution in [0.1, 0.15) is 65.5 Å². The first-order valence-corrected chi connectivity index (χ1v) is 17.7. The van der Waals surface area contributed by atoms with E-state index in [0.29, 0.717) is 47.0 Å². The zero-order valence-corrected chi connectivity index (χ0v) is 28.0. The monoisotopic (exact) mass is 671 g/mol. The third kappa shape index (κ3) is 7.04. The van der Waals surface area contributed by atoms with Crippen molar-refractivity contribution in [3.05, 3.63) is 52.8 Å². The van der Waals surface area contributed by atoms with Crippen LogP contribution in [0.25, 0.3) is 0 Å². The van der Waals surface area contributed by atoms with Crippen LogP contribution < -0.4 is 20.4 Å². The van der Waals surface area contributed by atoms with Gasteiger partial charge in [-0.15, -0.1) is 0 Å². The minimum Gasteiger partial charge on any atom is -0.365 e. The summed E-state index contributed by atoms with van der Waals surface area (Å²) >= 11 is 1.29. The topological polar surface area (TPSA) is 144 Å². The SMILES string of the molecule is Cc1nc(Nc2ncc(C=O)s2)cc(N2CCN(CCCCC(=O)N3CC4CC3CN4c3ccc(C4CCC(=O)NC4=O)cc3)CC2)n1. The Bertz CT molecular complexity index is 1670. The van der Waals surface area contributed by atoms with Gasteiger partial charge < -0.3 is 20.0 Å². The second-order valence-electron chi connectivity index (χ2n) is 13.1. The van der Waals surface area contributed by atoms with Crippen molar-refractivity contribution in [2.75, 3.05) is 60.9 Å². The fourth-order valence-corrected chi connectivity index (χ4v) is 8.08. The second kappa shape index (κ2) is 14.0. The normalized spacial score (nSPS) is 22.7. The maximum atomic E-state index is 13.2. The highest BCUT2D eigenvalue weighted by atomic mass is 32.1. The molecule has 7 rings (SSSR count). The van der Waals surface area contributed by atoms with E-state index in [-0.39, 0.29) is 29.7 Å². The Balaban J connectivity index is 0.819. The first-order chi connectivity index (χ1) is 23.3. The summed E-state index contributed by atoms with van der Waals surface area (Å²) in [5, 5.41) is 6.26. The minimum absolute atomic E-state index is 0.196. The van der Waals surface area contributed by atoms with Crippen LogP contribution in [0, 0.1) is 6.92 Å². The van der Waals surface area contributed by atoms with Gasteiger partial charge in [-0.25, -0.2) is 15.0 Å². The van der Waals surface area contributed by atoms with E-state index in [1.165, 1.54) is 11.3 Å². The number of hydrogen-bond acceptors (Lipinski definition) is 12. The number of likely N-dealkylation sites (tertiary alicyclic amines) is 1. The van der Waals surface area contributed by atoms with Crippen molar-refractivity contribution in [2.45, 2.75) is 63.5 Å². The molecule has 4 saturated heterocycles. The molecule has 4 aliphatic heterocycles. The summed E-state index contributed by atoms with van der Waals surface area (Å²) in [4.78, 5) is 71.1. The lowest BCUT2D eigenvalue weighted by Gasteiger charge is -2.36. The number of anilines is 4. The van der Waals surface area contributed by atoms with Crippen LogP contribution in [0.2, 0.25) is 0 Å². The van der Waals surface area contributed by atoms with Crippen LogP contribution in [0.4, 0.5) is 22.5 Å². The predicted molar refractivity (Wildman–Crippen MR) is 183 cm³/mol. The zero-order valence-electron chi connectivity index (χ0n) is 27.1. The molecule has 1 aromatic carbocycles. The number of piperazine rings is 2. The quantitative estimate of drug-likeness (QED) is 0.176. The number of aldehydes is 1. The molecule has 2 bridgehead atoms. The number of unbranched alkanes of at least 4 members (excludes halogenated alkanes) is 1. The van der Waals surface area contributed by atoms with Crippen molar-refractivity contribution < 1.29 is 19.2 Å². The molecular weight excluding hydrogens is 631 g/mol. The fraction of sp³-hybridized carbons (Fsp3) is 0.500. The van der Waals surface area contributed by atoms with E-state index < -0.39 is 0 Å². The number of imide groups is 1. The Morgan fingerprint density at radius 1 is 1.06 bits per heavy atom. The van der Waals surface area contributed by atoms with Gasteiger partial charge in [-0.2, -0.15) is 0 Å². The number of nitrogens with one attached hydrogen (secondary N) is 2. The first-order valence-electron chi connectivity index (χ1n) is 16.8. The maximum absolute atomic E-state index is 13.2. The smallest absolute Gasteiger partial charge is 0.234 e. The number of amides is 3. The summed E-state index contributed by atoms with van der Waals surface area (Å²) in [5.41, 5.74) is 2.07. The molecule has 3 amide bonds. The minimum atomic E-state index is -0.273. The van der Waals surface area contributed by atoms with E-state index in [0.717, 1.165) is 88.4 Å². The average molecular weight is 672 g/mol. The van der Waals surface area contributed by atoms with Crippen LogP contribution >= 0.6 is 11.3 Å². The lowest BCUT2D eigenvalue weighted by Crippen LogP contribution is -2.49. The van der Waals surface area contributed by atoms with E-state index in [2.05, 4.69) is 57.3 Å². The van der Waals surface area contributed by atoms with Crippen molar-refractivity contribution >= 4 is 57.8 Å². The molecule has 0 radical (unpaired) electrons. The number of hydrogen-bond donors (Lipinski definition) is 2. The number of aromatic nitrogens is 3. The van der Waals surface area contributed by atoms with Crippen molar-refractivity contribution in [1.29, 1.82) is 0 Å². The average Bonchev–Trinajstić information content (AvgIpc) is 3.84. The fourth-order valence-electron chi connectivity index (χ4n) is 7.44. The van der Waals surface area contributed by atoms with Crippen molar-refractivity contribution in [1.82, 2.24) is 30.1 Å². The number of carbonyl (C=O) groups is 4. The van der Waals surface area contributed by atoms with Gasteiger partial charge in [-0.05, 0) is 56.8 Å². The van der Waals surface area contributed by atoms with Gasteiger partial charge in [-0.1, -0.05) is 23.5 Å². The second-order valence-corrected chi connectivity index (χ2v) is 14.2. The van der Waals surface area contributed by atoms with E-state index >= 15 is 0 Å². The summed E-state index contributed by atoms with van der Waals surface area (Å²) in [7, 11) is 0. The molecule has 4 aliphatic rings. The molecule has 2 N–H and O–H groups in total. The Kier molecular flexibility index (Phi) is 9.35. The van der Waals surface area contributed by atoms with E-state index in [1.54, 1.807) is 6.20 Å². The molecule has 3 aromatic rings. The van der Waals surface area contributed by atoms with Gasteiger partial charge in [0.1, 0.15) is 17.5 Å². The molecule has 4 fully saturated rings. The van der Waals surface area contributed by atoms with Crippen LogP contribution in [0.15, 0.2) is 36.5 Å². The summed E-state index contributed by atoms with van der Waals surface area (Å²) in [6.45, 7) is 8.08. The Labute approximate surface area is 283 Å². The number of piperidine rings is 1. The summed E-state index contributed by atoms with van der Waals surface area (Å²) in [6, 6.07) is 10.7. The zero-order chi connectivity index (χ0) is 33.2. The number of benzene rings is 1. The van der Waals surface area contributed by atoms with Crippen molar-refractivity contribution in [2.24, 2.45) is 0 Å². The molecule has 3 atom stereocenters. The molecule has 0 aliphatic carbocycles. The van der Waals surface area contributed by atoms with Gasteiger partial charge in [0.15, 0.2) is 11.4 Å². The molecule has 252 valence electrons. The van der Waals surface area contributed by atoms with Crippen LogP contribution in [-0.2, 0) is 14.4 Å². The molecule has 14 heteroatoms. The largest absolute Gasteiger partial charge is 0.365 e. The lowest BCUT2D eigenvalue weighted by molar-refractivity contribution is -0.134. The predicted octanol–water partition coefficient (Wildman–Crippen LogP) is 3.10. The third-order valence-corrected chi connectivity index (χ3v) is 10.8. The van der Waals surface area contributed by atoms with Gasteiger partial charge >= 0.3 is 0 Å². The molecule has 3 unspecified atom stereocenters. The van der Waals surface area contributed by atoms with Crippen molar-refractivity contribution in [3.8, 4) is 0 Å². The van der Waals surface area contributed by atoms with Crippen LogP contribution in [0.5, 0.6) is 0 Å². The summed E-state index contributed by atoms with van der Waals surface area (Å²) in [5.74, 6) is 1.81. The number of fused-ring (bicyclic) bond motifs is 2. The van der Waals surface area contributed by atoms with Crippen molar-refractivity contribution in [3.63, 3.8) is 0 Å². The van der Waals surface area contributed by atoms with Gasteiger partial charge in [0.25, 0.3) is 0 Å². The van der Waals surface area contributed by atoms with Gasteiger partial charge in [0.2, 0.25) is 17.7 Å². The Morgan fingerprint density at radius 3 is 2.58 bits per heavy atom. The highest BCUT2D eigenvalue weighted by Crippen LogP contribution is 2.36. The van der Waals surface area contributed by atoms with E-state index in [1.807, 2.05) is 25.1 Å².